The summed E-state index contributed by atoms with van der Waals surface area (Å²) in [5.41, 5.74) is 1.15. The predicted octanol–water partition coefficient (Wildman–Crippen LogP) is 2.18. The van der Waals surface area contributed by atoms with Crippen molar-refractivity contribution in [3.05, 3.63) is 23.9 Å². The van der Waals surface area contributed by atoms with Gasteiger partial charge < -0.3 is 10.2 Å². The minimum absolute atomic E-state index is 0.884. The molecule has 0 radical (unpaired) electrons. The summed E-state index contributed by atoms with van der Waals surface area (Å²) in [5.74, 6) is 1.15. The minimum atomic E-state index is 0.884. The quantitative estimate of drug-likeness (QED) is 0.769. The van der Waals surface area contributed by atoms with Crippen LogP contribution in [0.15, 0.2) is 18.2 Å². The highest BCUT2D eigenvalue weighted by Gasteiger charge is 2.13. The van der Waals surface area contributed by atoms with Crippen LogP contribution in [0.25, 0.3) is 0 Å². The van der Waals surface area contributed by atoms with Gasteiger partial charge in [-0.2, -0.15) is 0 Å². The molecule has 2 heterocycles. The van der Waals surface area contributed by atoms with E-state index < -0.39 is 0 Å². The van der Waals surface area contributed by atoms with Gasteiger partial charge in [-0.15, -0.1) is 0 Å². The van der Waals surface area contributed by atoms with Gasteiger partial charge in [-0.3, -0.25) is 0 Å². The van der Waals surface area contributed by atoms with Gasteiger partial charge >= 0.3 is 0 Å². The normalized spacial score (nSPS) is 15.7. The van der Waals surface area contributed by atoms with Crippen LogP contribution in [0, 0.1) is 0 Å². The molecule has 0 amide bonds. The van der Waals surface area contributed by atoms with Crippen LogP contribution in [0.5, 0.6) is 0 Å². The van der Waals surface area contributed by atoms with Gasteiger partial charge in [0.2, 0.25) is 0 Å². The maximum absolute atomic E-state index is 4.69. The molecule has 1 aliphatic heterocycles. The Labute approximate surface area is 97.9 Å². The van der Waals surface area contributed by atoms with Crippen molar-refractivity contribution in [1.82, 2.24) is 10.3 Å². The second kappa shape index (κ2) is 5.85. The Morgan fingerprint density at radius 1 is 1.31 bits per heavy atom. The first-order valence-electron chi connectivity index (χ1n) is 6.32. The zero-order valence-electron chi connectivity index (χ0n) is 10.1. The van der Waals surface area contributed by atoms with Crippen LogP contribution < -0.4 is 10.2 Å². The summed E-state index contributed by atoms with van der Waals surface area (Å²) >= 11 is 0. The molecule has 1 N–H and O–H groups in total. The molecular formula is C13H21N3. The van der Waals surface area contributed by atoms with E-state index in [1.807, 2.05) is 0 Å². The van der Waals surface area contributed by atoms with Crippen molar-refractivity contribution in [3.8, 4) is 0 Å². The molecular weight excluding hydrogens is 198 g/mol. The molecule has 88 valence electrons. The van der Waals surface area contributed by atoms with Gasteiger partial charge in [0.15, 0.2) is 0 Å². The lowest BCUT2D eigenvalue weighted by atomic mass is 10.3. The van der Waals surface area contributed by atoms with Crippen molar-refractivity contribution >= 4 is 5.82 Å². The Kier molecular flexibility index (Phi) is 4.17. The highest BCUT2D eigenvalue weighted by Crippen LogP contribution is 2.17. The molecule has 0 aliphatic carbocycles. The molecule has 0 atom stereocenters. The summed E-state index contributed by atoms with van der Waals surface area (Å²) in [7, 11) is 0. The van der Waals surface area contributed by atoms with Gasteiger partial charge in [-0.1, -0.05) is 13.0 Å². The van der Waals surface area contributed by atoms with Crippen molar-refractivity contribution in [1.29, 1.82) is 0 Å². The number of nitrogens with zero attached hydrogens (tertiary/aromatic N) is 2. The first-order valence-corrected chi connectivity index (χ1v) is 6.32. The van der Waals surface area contributed by atoms with Gasteiger partial charge in [0.1, 0.15) is 5.82 Å². The van der Waals surface area contributed by atoms with E-state index in [0.29, 0.717) is 0 Å². The predicted molar refractivity (Wildman–Crippen MR) is 67.7 cm³/mol. The van der Waals surface area contributed by atoms with Gasteiger partial charge in [-0.05, 0) is 37.9 Å². The Morgan fingerprint density at radius 2 is 2.12 bits per heavy atom. The molecule has 0 spiro atoms. The molecule has 0 saturated carbocycles. The van der Waals surface area contributed by atoms with E-state index in [2.05, 4.69) is 40.3 Å². The lowest BCUT2D eigenvalue weighted by Gasteiger charge is -2.16. The van der Waals surface area contributed by atoms with Crippen LogP contribution in [-0.2, 0) is 6.54 Å². The highest BCUT2D eigenvalue weighted by molar-refractivity contribution is 5.40. The summed E-state index contributed by atoms with van der Waals surface area (Å²) in [6, 6.07) is 6.33. The first kappa shape index (κ1) is 11.4. The third kappa shape index (κ3) is 2.95. The average molecular weight is 219 g/mol. The molecule has 2 rings (SSSR count). The number of rotatable bonds is 5. The molecule has 1 fully saturated rings. The highest BCUT2D eigenvalue weighted by atomic mass is 15.2. The maximum Gasteiger partial charge on any atom is 0.128 e. The van der Waals surface area contributed by atoms with Crippen LogP contribution in [-0.4, -0.2) is 24.6 Å². The summed E-state index contributed by atoms with van der Waals surface area (Å²) in [4.78, 5) is 7.07. The molecule has 3 heteroatoms. The molecule has 0 unspecified atom stereocenters. The fraction of sp³-hybridized carbons (Fsp3) is 0.615. The SMILES string of the molecule is CCCNCc1cccc(N2CCCC2)n1. The molecule has 16 heavy (non-hydrogen) atoms. The Morgan fingerprint density at radius 3 is 2.88 bits per heavy atom. The van der Waals surface area contributed by atoms with Crippen LogP contribution in [0.3, 0.4) is 0 Å². The van der Waals surface area contributed by atoms with Crippen LogP contribution in [0.4, 0.5) is 5.82 Å². The van der Waals surface area contributed by atoms with E-state index in [1.54, 1.807) is 0 Å². The van der Waals surface area contributed by atoms with Crippen LogP contribution in [0.2, 0.25) is 0 Å². The number of hydrogen-bond acceptors (Lipinski definition) is 3. The lowest BCUT2D eigenvalue weighted by Crippen LogP contribution is -2.20. The van der Waals surface area contributed by atoms with Gasteiger partial charge in [-0.25, -0.2) is 4.98 Å². The van der Waals surface area contributed by atoms with E-state index in [1.165, 1.54) is 32.4 Å². The molecule has 1 aromatic rings. The van der Waals surface area contributed by atoms with Crippen molar-refractivity contribution in [2.45, 2.75) is 32.7 Å². The number of nitrogens with one attached hydrogen (secondary N) is 1. The Bertz CT molecular complexity index is 319. The van der Waals surface area contributed by atoms with E-state index in [9.17, 15) is 0 Å². The molecule has 3 nitrogen and oxygen atoms in total. The first-order chi connectivity index (χ1) is 7.90. The molecule has 0 aromatic carbocycles. The fourth-order valence-corrected chi connectivity index (χ4v) is 2.08. The number of aromatic nitrogens is 1. The Hall–Kier alpha value is -1.09. The third-order valence-corrected chi connectivity index (χ3v) is 2.96. The summed E-state index contributed by atoms with van der Waals surface area (Å²) in [5, 5.41) is 3.39. The Balaban J connectivity index is 1.95. The average Bonchev–Trinajstić information content (AvgIpc) is 2.83. The lowest BCUT2D eigenvalue weighted by molar-refractivity contribution is 0.663. The van der Waals surface area contributed by atoms with Crippen molar-refractivity contribution in [2.75, 3.05) is 24.5 Å². The number of hydrogen-bond donors (Lipinski definition) is 1. The molecule has 1 aromatic heterocycles. The van der Waals surface area contributed by atoms with Gasteiger partial charge in [0.05, 0.1) is 5.69 Å². The maximum atomic E-state index is 4.69. The summed E-state index contributed by atoms with van der Waals surface area (Å²) in [6.07, 6.45) is 3.78. The summed E-state index contributed by atoms with van der Waals surface area (Å²) in [6.45, 7) is 6.46. The second-order valence-electron chi connectivity index (χ2n) is 4.36. The van der Waals surface area contributed by atoms with Crippen molar-refractivity contribution in [2.24, 2.45) is 0 Å². The fourth-order valence-electron chi connectivity index (χ4n) is 2.08. The molecule has 0 bridgehead atoms. The van der Waals surface area contributed by atoms with E-state index in [4.69, 9.17) is 0 Å². The van der Waals surface area contributed by atoms with E-state index in [0.717, 1.165) is 24.6 Å². The largest absolute Gasteiger partial charge is 0.357 e. The number of pyridine rings is 1. The topological polar surface area (TPSA) is 28.2 Å². The zero-order valence-corrected chi connectivity index (χ0v) is 10.1. The van der Waals surface area contributed by atoms with Crippen molar-refractivity contribution < 1.29 is 0 Å². The standard InChI is InChI=1S/C13H21N3/c1-2-8-14-11-12-6-5-7-13(15-12)16-9-3-4-10-16/h5-7,14H,2-4,8-11H2,1H3. The van der Waals surface area contributed by atoms with Gasteiger partial charge in [0.25, 0.3) is 0 Å². The van der Waals surface area contributed by atoms with Crippen LogP contribution in [0.1, 0.15) is 31.9 Å². The summed E-state index contributed by atoms with van der Waals surface area (Å²) < 4.78 is 0. The molecule has 1 saturated heterocycles. The number of anilines is 1. The van der Waals surface area contributed by atoms with E-state index >= 15 is 0 Å². The van der Waals surface area contributed by atoms with Crippen LogP contribution >= 0.6 is 0 Å². The minimum Gasteiger partial charge on any atom is -0.357 e. The smallest absolute Gasteiger partial charge is 0.128 e. The van der Waals surface area contributed by atoms with Crippen molar-refractivity contribution in [3.63, 3.8) is 0 Å². The second-order valence-corrected chi connectivity index (χ2v) is 4.36. The van der Waals surface area contributed by atoms with E-state index in [-0.39, 0.29) is 0 Å². The monoisotopic (exact) mass is 219 g/mol. The van der Waals surface area contributed by atoms with Gasteiger partial charge in [0, 0.05) is 19.6 Å². The zero-order chi connectivity index (χ0) is 11.2. The third-order valence-electron chi connectivity index (χ3n) is 2.96. The molecule has 1 aliphatic rings.